The second kappa shape index (κ2) is 28.7. The van der Waals surface area contributed by atoms with Crippen LogP contribution in [0.1, 0.15) is 188 Å². The van der Waals surface area contributed by atoms with Gasteiger partial charge in [-0.3, -0.25) is 0 Å². The van der Waals surface area contributed by atoms with Gasteiger partial charge in [0.15, 0.2) is 24.8 Å². The van der Waals surface area contributed by atoms with Crippen molar-refractivity contribution in [3.63, 3.8) is 0 Å². The van der Waals surface area contributed by atoms with Crippen molar-refractivity contribution < 1.29 is 22.7 Å². The summed E-state index contributed by atoms with van der Waals surface area (Å²) in [5.74, 6) is 10.9. The van der Waals surface area contributed by atoms with E-state index in [0.29, 0.717) is 0 Å². The quantitative estimate of drug-likeness (QED) is 0.139. The molecule has 9 aromatic carbocycles. The molecule has 113 heavy (non-hydrogen) atoms. The second-order valence-electron chi connectivity index (χ2n) is 37.2. The van der Waals surface area contributed by atoms with Crippen LogP contribution in [-0.2, 0) is 41.0 Å². The minimum absolute atomic E-state index is 0.779. The van der Waals surface area contributed by atoms with Gasteiger partial charge in [0.1, 0.15) is 33.8 Å². The number of aryl methyl sites for hydroxylation is 10. The lowest BCUT2D eigenvalue weighted by molar-refractivity contribution is -0.659. The molecule has 0 spiro atoms. The normalized spacial score (nSPS) is 24.1. The first-order valence-corrected chi connectivity index (χ1v) is 44.3. The van der Waals surface area contributed by atoms with E-state index in [9.17, 15) is 0 Å². The molecule has 12 atom stereocenters. The Bertz CT molecular complexity index is 6110. The van der Waals surface area contributed by atoms with Crippen LogP contribution in [-0.4, -0.2) is 0 Å². The summed E-state index contributed by atoms with van der Waals surface area (Å²) >= 11 is 1.83. The molecule has 8 saturated carbocycles. The number of thiophene rings is 1. The Hall–Kier alpha value is -9.62. The van der Waals surface area contributed by atoms with Gasteiger partial charge in [-0.25, -0.2) is 18.3 Å². The molecule has 0 saturated heterocycles. The second-order valence-corrected chi connectivity index (χ2v) is 38.1. The summed E-state index contributed by atoms with van der Waals surface area (Å²) in [7, 11) is 8.69. The van der Waals surface area contributed by atoms with Crippen molar-refractivity contribution in [3.05, 3.63) is 274 Å². The third-order valence-corrected chi connectivity index (χ3v) is 31.3. The van der Waals surface area contributed by atoms with Crippen molar-refractivity contribution in [2.45, 2.75) is 173 Å². The van der Waals surface area contributed by atoms with E-state index in [4.69, 9.17) is 4.42 Å². The van der Waals surface area contributed by atoms with Crippen LogP contribution in [0.15, 0.2) is 223 Å². The van der Waals surface area contributed by atoms with Gasteiger partial charge in [-0.15, -0.1) is 11.3 Å². The molecule has 12 unspecified atom stereocenters. The molecule has 0 amide bonds. The Morgan fingerprint density at radius 3 is 1.08 bits per heavy atom. The number of aromatic nitrogens is 4. The maximum atomic E-state index is 5.69. The summed E-state index contributed by atoms with van der Waals surface area (Å²) < 4.78 is 16.2. The molecule has 6 heterocycles. The van der Waals surface area contributed by atoms with Gasteiger partial charge in [0, 0.05) is 39.9 Å². The largest absolute Gasteiger partial charge is 0.464 e. The lowest BCUT2D eigenvalue weighted by atomic mass is 9.82. The van der Waals surface area contributed by atoms with E-state index in [-0.39, 0.29) is 0 Å². The van der Waals surface area contributed by atoms with Gasteiger partial charge >= 0.3 is 0 Å². The molecule has 5 nitrogen and oxygen atoms in total. The number of hydrogen-bond donors (Lipinski definition) is 0. The number of benzene rings is 9. The molecule has 24 rings (SSSR count). The maximum absolute atomic E-state index is 5.69. The van der Waals surface area contributed by atoms with E-state index in [0.717, 1.165) is 76.6 Å². The Morgan fingerprint density at radius 2 is 0.673 bits per heavy atom. The van der Waals surface area contributed by atoms with E-state index in [1.54, 1.807) is 39.6 Å². The molecule has 9 aliphatic carbocycles. The van der Waals surface area contributed by atoms with Gasteiger partial charge in [0.05, 0.1) is 44.5 Å². The minimum atomic E-state index is 0.779. The molecule has 9 aliphatic rings. The van der Waals surface area contributed by atoms with Crippen LogP contribution >= 0.6 is 11.3 Å². The molecule has 6 aromatic heterocycles. The number of furan rings is 1. The summed E-state index contributed by atoms with van der Waals surface area (Å²) in [6.45, 7) is 8.97. The highest BCUT2D eigenvalue weighted by atomic mass is 32.1. The summed E-state index contributed by atoms with van der Waals surface area (Å²) in [5, 5.41) is 18.3. The summed E-state index contributed by atoms with van der Waals surface area (Å²) in [4.78, 5) is 0. The number of fused-ring (bicyclic) bond motifs is 16. The van der Waals surface area contributed by atoms with Gasteiger partial charge in [-0.2, -0.15) is 0 Å². The molecule has 0 N–H and O–H groups in total. The topological polar surface area (TPSA) is 28.7 Å². The van der Waals surface area contributed by atoms with Gasteiger partial charge in [-0.05, 0) is 367 Å². The minimum Gasteiger partial charge on any atom is -0.464 e. The van der Waals surface area contributed by atoms with Crippen LogP contribution < -0.4 is 18.3 Å². The smallest absolute Gasteiger partial charge is 0.220 e. The molecule has 8 fully saturated rings. The summed E-state index contributed by atoms with van der Waals surface area (Å²) in [6.07, 6.45) is 37.7. The SMILES string of the molecule is Cc1cc2c(cc1-c1c3ccc(C4CC5CCC4C5)cc3cc[n+]1C)CCC2.Cc1cc2ccccc2cc1-c1c2ccc(C3CC4CCC3C4)cc2cc[n+]1C.Cc1cc2ccoc2cc1-c1c2ccc(C3CC4CCC3C4)cc2cc[n+]1C.Cc1cc2ccsc2cc1-c1c2ccc(C3CC4CCC3C4)cc2cc[n+]1C. The van der Waals surface area contributed by atoms with Crippen molar-refractivity contribution >= 4 is 86.3 Å². The first kappa shape index (κ1) is 71.2. The average Bonchev–Trinajstić information content (AvgIpc) is 1.75. The van der Waals surface area contributed by atoms with Crippen molar-refractivity contribution in [2.24, 2.45) is 75.5 Å². The number of hydrogen-bond acceptors (Lipinski definition) is 2. The van der Waals surface area contributed by atoms with Crippen molar-refractivity contribution in [3.8, 4) is 45.0 Å². The molecular formula is C107H110N4OS+4. The van der Waals surface area contributed by atoms with Crippen molar-refractivity contribution in [1.82, 2.24) is 0 Å². The standard InChI is InChI=1S/C28H28N.C27H30N.C26H26NO.C26H26NS/c1-18-13-20-5-3-4-6-21(20)17-26(18)28-25-10-9-23(16-24(25)11-12-29(28)2)27-15-19-7-8-22(27)14-19;1-17-12-19-4-3-5-20(19)16-25(17)27-24-9-8-22(15-23(24)10-11-28(27)2)26-14-18-6-7-21(26)13-18;2*1-16-11-21-8-10-28-25(21)15-23(16)26-22-6-5-19(14-20(22)7-9-27(26)2)24-13-17-3-4-18(24)12-17/h3-6,9-13,16-17,19,22,27H,7-8,14-15H2,1-2H3;8-12,15-16,18,21,26H,3-7,13-14H2,1-2H3;2*5-11,14-15,17-18,24H,3-4,12-13H2,1-2H3/q4*+1. The predicted molar refractivity (Wildman–Crippen MR) is 469 cm³/mol. The van der Waals surface area contributed by atoms with Crippen LogP contribution in [0.3, 0.4) is 0 Å². The van der Waals surface area contributed by atoms with E-state index in [1.165, 1.54) is 259 Å². The highest BCUT2D eigenvalue weighted by Gasteiger charge is 2.44. The van der Waals surface area contributed by atoms with Gasteiger partial charge in [0.2, 0.25) is 22.8 Å². The fourth-order valence-electron chi connectivity index (χ4n) is 24.8. The van der Waals surface area contributed by atoms with Crippen LogP contribution in [0.2, 0.25) is 0 Å². The molecule has 6 heteroatoms. The molecule has 0 aliphatic heterocycles. The van der Waals surface area contributed by atoms with Gasteiger partial charge in [-0.1, -0.05) is 111 Å². The zero-order valence-corrected chi connectivity index (χ0v) is 68.6. The van der Waals surface area contributed by atoms with Crippen molar-refractivity contribution in [2.75, 3.05) is 0 Å². The zero-order chi connectivity index (χ0) is 76.0. The predicted octanol–water partition coefficient (Wildman–Crippen LogP) is 25.8. The first-order chi connectivity index (χ1) is 55.2. The highest BCUT2D eigenvalue weighted by molar-refractivity contribution is 7.17. The lowest BCUT2D eigenvalue weighted by Crippen LogP contribution is -2.30. The fraction of sp³-hybridized carbons (Fsp3) is 0.364. The number of nitrogens with zero attached hydrogens (tertiary/aromatic N) is 4. The van der Waals surface area contributed by atoms with Crippen LogP contribution in [0, 0.1) is 75.0 Å². The van der Waals surface area contributed by atoms with E-state index in [1.807, 2.05) is 17.4 Å². The Kier molecular flexibility index (Phi) is 18.1. The molecular weight excluding hydrogens is 1390 g/mol. The zero-order valence-electron chi connectivity index (χ0n) is 67.8. The first-order valence-electron chi connectivity index (χ1n) is 43.5. The van der Waals surface area contributed by atoms with E-state index >= 15 is 0 Å². The lowest BCUT2D eigenvalue weighted by Gasteiger charge is -2.22. The Morgan fingerprint density at radius 1 is 0.310 bits per heavy atom. The van der Waals surface area contributed by atoms with Crippen LogP contribution in [0.4, 0.5) is 0 Å². The summed E-state index contributed by atoms with van der Waals surface area (Å²) in [5.41, 5.74) is 26.4. The Balaban J connectivity index is 0.0000000949. The molecule has 15 aromatic rings. The summed E-state index contributed by atoms with van der Waals surface area (Å²) in [6, 6.07) is 70.1. The number of rotatable bonds is 8. The van der Waals surface area contributed by atoms with Gasteiger partial charge < -0.3 is 4.42 Å². The van der Waals surface area contributed by atoms with E-state index in [2.05, 4.69) is 280 Å². The molecule has 566 valence electrons. The van der Waals surface area contributed by atoms with E-state index < -0.39 is 0 Å². The van der Waals surface area contributed by atoms with Crippen molar-refractivity contribution in [1.29, 1.82) is 0 Å². The van der Waals surface area contributed by atoms with Gasteiger partial charge in [0.25, 0.3) is 0 Å². The third kappa shape index (κ3) is 12.8. The highest BCUT2D eigenvalue weighted by Crippen LogP contribution is 2.57. The van der Waals surface area contributed by atoms with Crippen LogP contribution in [0.5, 0.6) is 0 Å². The van der Waals surface area contributed by atoms with Crippen LogP contribution in [0.25, 0.3) is 120 Å². The number of pyridine rings is 4. The molecule has 0 radical (unpaired) electrons. The monoisotopic (exact) mass is 1500 g/mol. The average molecular weight is 1500 g/mol. The Labute approximate surface area is 672 Å². The third-order valence-electron chi connectivity index (χ3n) is 30.5. The fourth-order valence-corrected chi connectivity index (χ4v) is 25.6. The maximum Gasteiger partial charge on any atom is 0.220 e. The molecule has 8 bridgehead atoms.